The molecule has 0 radical (unpaired) electrons. The standard InChI is InChI=1S/C15H27NO7/c1-9(17)5-3-4-6-11(18)16-7-8-22-15-14(21)13(20)12(19)10(2)23-15/h10,12-15,19-21H,3-8H2,1-2H3,(H,16,18)/t10-,12+,13+,14-,15+/m0/s1. The lowest BCUT2D eigenvalue weighted by atomic mass is 10.0. The van der Waals surface area contributed by atoms with Gasteiger partial charge in [0.15, 0.2) is 6.29 Å². The van der Waals surface area contributed by atoms with Crippen LogP contribution in [0.15, 0.2) is 0 Å². The van der Waals surface area contributed by atoms with Gasteiger partial charge in [-0.2, -0.15) is 0 Å². The minimum atomic E-state index is -1.34. The first-order chi connectivity index (χ1) is 10.8. The summed E-state index contributed by atoms with van der Waals surface area (Å²) in [6, 6.07) is 0. The number of ketones is 1. The zero-order valence-electron chi connectivity index (χ0n) is 13.6. The van der Waals surface area contributed by atoms with Crippen LogP contribution in [0, 0.1) is 0 Å². The summed E-state index contributed by atoms with van der Waals surface area (Å²) in [4.78, 5) is 22.3. The molecule has 8 heteroatoms. The Bertz CT molecular complexity index is 390. The average molecular weight is 333 g/mol. The van der Waals surface area contributed by atoms with Gasteiger partial charge in [0.05, 0.1) is 12.7 Å². The van der Waals surface area contributed by atoms with Crippen LogP contribution >= 0.6 is 0 Å². The molecule has 1 fully saturated rings. The Balaban J connectivity index is 2.14. The molecule has 0 spiro atoms. The number of unbranched alkanes of at least 4 members (excludes halogenated alkanes) is 1. The van der Waals surface area contributed by atoms with Crippen LogP contribution in [0.25, 0.3) is 0 Å². The normalized spacial score (nSPS) is 30.9. The molecule has 134 valence electrons. The van der Waals surface area contributed by atoms with E-state index in [0.717, 1.165) is 0 Å². The molecule has 1 aliphatic rings. The van der Waals surface area contributed by atoms with Crippen molar-refractivity contribution in [2.45, 2.75) is 70.2 Å². The fourth-order valence-electron chi connectivity index (χ4n) is 2.26. The summed E-state index contributed by atoms with van der Waals surface area (Å²) in [5, 5.41) is 31.6. The highest BCUT2D eigenvalue weighted by Gasteiger charge is 2.42. The number of carbonyl (C=O) groups excluding carboxylic acids is 2. The van der Waals surface area contributed by atoms with Gasteiger partial charge in [0.1, 0.15) is 24.1 Å². The third kappa shape index (κ3) is 6.92. The molecule has 1 aliphatic heterocycles. The molecule has 0 aromatic rings. The predicted octanol–water partition coefficient (Wildman–Crippen LogP) is -0.904. The van der Waals surface area contributed by atoms with Crippen molar-refractivity contribution in [3.8, 4) is 0 Å². The second-order valence-corrected chi connectivity index (χ2v) is 5.81. The van der Waals surface area contributed by atoms with E-state index in [1.165, 1.54) is 6.92 Å². The maximum Gasteiger partial charge on any atom is 0.220 e. The van der Waals surface area contributed by atoms with Crippen LogP contribution in [-0.2, 0) is 19.1 Å². The summed E-state index contributed by atoms with van der Waals surface area (Å²) >= 11 is 0. The van der Waals surface area contributed by atoms with E-state index in [-0.39, 0.29) is 24.8 Å². The number of carbonyl (C=O) groups is 2. The number of hydrogen-bond acceptors (Lipinski definition) is 7. The lowest BCUT2D eigenvalue weighted by Gasteiger charge is -2.38. The smallest absolute Gasteiger partial charge is 0.220 e. The van der Waals surface area contributed by atoms with Gasteiger partial charge < -0.3 is 34.9 Å². The summed E-state index contributed by atoms with van der Waals surface area (Å²) in [6.07, 6.45) is -3.37. The second kappa shape index (κ2) is 9.94. The minimum absolute atomic E-state index is 0.108. The van der Waals surface area contributed by atoms with Gasteiger partial charge >= 0.3 is 0 Å². The van der Waals surface area contributed by atoms with Crippen molar-refractivity contribution in [1.82, 2.24) is 5.32 Å². The van der Waals surface area contributed by atoms with E-state index in [0.29, 0.717) is 25.7 Å². The quantitative estimate of drug-likeness (QED) is 0.403. The van der Waals surface area contributed by atoms with Gasteiger partial charge in [-0.3, -0.25) is 4.79 Å². The van der Waals surface area contributed by atoms with Crippen molar-refractivity contribution in [2.75, 3.05) is 13.2 Å². The molecule has 1 heterocycles. The molecule has 0 unspecified atom stereocenters. The summed E-state index contributed by atoms with van der Waals surface area (Å²) in [5.41, 5.74) is 0. The maximum absolute atomic E-state index is 11.5. The second-order valence-electron chi connectivity index (χ2n) is 5.81. The van der Waals surface area contributed by atoms with Crippen molar-refractivity contribution in [3.63, 3.8) is 0 Å². The summed E-state index contributed by atoms with van der Waals surface area (Å²) < 4.78 is 10.6. The highest BCUT2D eigenvalue weighted by atomic mass is 16.7. The first-order valence-electron chi connectivity index (χ1n) is 7.90. The highest BCUT2D eigenvalue weighted by Crippen LogP contribution is 2.21. The molecule has 0 aromatic carbocycles. The van der Waals surface area contributed by atoms with Crippen LogP contribution in [0.2, 0.25) is 0 Å². The van der Waals surface area contributed by atoms with Crippen molar-refractivity contribution in [1.29, 1.82) is 0 Å². The fourth-order valence-corrected chi connectivity index (χ4v) is 2.26. The number of Topliss-reactive ketones (excluding diaryl/α,β-unsaturated/α-hetero) is 1. The van der Waals surface area contributed by atoms with Crippen LogP contribution in [0.3, 0.4) is 0 Å². The minimum Gasteiger partial charge on any atom is -0.388 e. The number of rotatable bonds is 9. The van der Waals surface area contributed by atoms with E-state index in [2.05, 4.69) is 5.32 Å². The summed E-state index contributed by atoms with van der Waals surface area (Å²) in [7, 11) is 0. The molecule has 0 bridgehead atoms. The SMILES string of the molecule is CC(=O)CCCCC(=O)NCCO[C@@H]1O[C@@H](C)[C@@H](O)[C@@H](O)[C@@H]1O. The number of aliphatic hydroxyl groups excluding tert-OH is 3. The van der Waals surface area contributed by atoms with E-state index in [1.54, 1.807) is 6.92 Å². The van der Waals surface area contributed by atoms with E-state index >= 15 is 0 Å². The molecule has 0 aliphatic carbocycles. The zero-order valence-corrected chi connectivity index (χ0v) is 13.6. The largest absolute Gasteiger partial charge is 0.388 e. The summed E-state index contributed by atoms with van der Waals surface area (Å²) in [6.45, 7) is 3.44. The molecular weight excluding hydrogens is 306 g/mol. The topological polar surface area (TPSA) is 125 Å². The molecule has 8 nitrogen and oxygen atoms in total. The zero-order chi connectivity index (χ0) is 17.4. The highest BCUT2D eigenvalue weighted by molar-refractivity contribution is 5.76. The fraction of sp³-hybridized carbons (Fsp3) is 0.867. The van der Waals surface area contributed by atoms with Gasteiger partial charge in [0.2, 0.25) is 5.91 Å². The third-order valence-electron chi connectivity index (χ3n) is 3.70. The number of hydrogen-bond donors (Lipinski definition) is 4. The lowest BCUT2D eigenvalue weighted by Crippen LogP contribution is -2.57. The van der Waals surface area contributed by atoms with E-state index in [9.17, 15) is 24.9 Å². The van der Waals surface area contributed by atoms with Crippen molar-refractivity contribution in [2.24, 2.45) is 0 Å². The Morgan fingerprint density at radius 3 is 2.39 bits per heavy atom. The molecular formula is C15H27NO7. The van der Waals surface area contributed by atoms with Gasteiger partial charge in [-0.1, -0.05) is 0 Å². The maximum atomic E-state index is 11.5. The molecule has 1 saturated heterocycles. The molecule has 5 atom stereocenters. The Morgan fingerprint density at radius 2 is 1.74 bits per heavy atom. The third-order valence-corrected chi connectivity index (χ3v) is 3.70. The van der Waals surface area contributed by atoms with Crippen molar-refractivity contribution in [3.05, 3.63) is 0 Å². The average Bonchev–Trinajstić information content (AvgIpc) is 2.50. The first-order valence-corrected chi connectivity index (χ1v) is 7.90. The van der Waals surface area contributed by atoms with Gasteiger partial charge in [0, 0.05) is 19.4 Å². The van der Waals surface area contributed by atoms with Gasteiger partial charge in [0.25, 0.3) is 0 Å². The van der Waals surface area contributed by atoms with Crippen LogP contribution in [0.5, 0.6) is 0 Å². The van der Waals surface area contributed by atoms with E-state index in [1.807, 2.05) is 0 Å². The number of amides is 1. The van der Waals surface area contributed by atoms with Gasteiger partial charge in [-0.15, -0.1) is 0 Å². The van der Waals surface area contributed by atoms with Crippen LogP contribution in [-0.4, -0.2) is 70.9 Å². The Labute approximate surface area is 135 Å². The molecule has 0 saturated carbocycles. The number of ether oxygens (including phenoxy) is 2. The summed E-state index contributed by atoms with van der Waals surface area (Å²) in [5.74, 6) is -0.0162. The Hall–Kier alpha value is -1.06. The Morgan fingerprint density at radius 1 is 1.09 bits per heavy atom. The van der Waals surface area contributed by atoms with Crippen molar-refractivity contribution >= 4 is 11.7 Å². The van der Waals surface area contributed by atoms with E-state index < -0.39 is 30.7 Å². The van der Waals surface area contributed by atoms with Gasteiger partial charge in [-0.05, 0) is 26.7 Å². The monoisotopic (exact) mass is 333 g/mol. The molecule has 1 rings (SSSR count). The molecule has 0 aromatic heterocycles. The number of nitrogens with one attached hydrogen (secondary N) is 1. The molecule has 23 heavy (non-hydrogen) atoms. The van der Waals surface area contributed by atoms with Gasteiger partial charge in [-0.25, -0.2) is 0 Å². The molecule has 4 N–H and O–H groups in total. The van der Waals surface area contributed by atoms with Crippen LogP contribution in [0.1, 0.15) is 39.5 Å². The van der Waals surface area contributed by atoms with Crippen molar-refractivity contribution < 1.29 is 34.4 Å². The van der Waals surface area contributed by atoms with E-state index in [4.69, 9.17) is 9.47 Å². The lowest BCUT2D eigenvalue weighted by molar-refractivity contribution is -0.292. The van der Waals surface area contributed by atoms with Crippen LogP contribution in [0.4, 0.5) is 0 Å². The van der Waals surface area contributed by atoms with Crippen LogP contribution < -0.4 is 5.32 Å². The Kier molecular flexibility index (Phi) is 8.64. The predicted molar refractivity (Wildman–Crippen MR) is 80.5 cm³/mol. The first kappa shape index (κ1) is 20.0. The number of aliphatic hydroxyl groups is 3. The molecule has 1 amide bonds.